The Kier molecular flexibility index (Phi) is 4.22. The highest BCUT2D eigenvalue weighted by molar-refractivity contribution is 7.99. The highest BCUT2D eigenvalue weighted by Gasteiger charge is 2.53. The van der Waals surface area contributed by atoms with Crippen molar-refractivity contribution in [1.82, 2.24) is 10.2 Å². The molecule has 0 aromatic heterocycles. The van der Waals surface area contributed by atoms with Crippen molar-refractivity contribution in [2.45, 2.75) is 18.9 Å². The molecule has 0 bridgehead atoms. The number of ether oxygens (including phenoxy) is 2. The quantitative estimate of drug-likeness (QED) is 0.581. The van der Waals surface area contributed by atoms with Gasteiger partial charge in [-0.2, -0.15) is 11.8 Å². The van der Waals surface area contributed by atoms with Crippen LogP contribution in [0, 0.1) is 0 Å². The SMILES string of the molecule is CC(=O)c1cc2c(cc1NC(=O)CN1C(=O)NC3(CCSC3)C1=O)OCO2. The third-order valence-corrected chi connectivity index (χ3v) is 5.93. The molecule has 3 aliphatic heterocycles. The molecule has 1 aromatic rings. The summed E-state index contributed by atoms with van der Waals surface area (Å²) in [6.45, 7) is 0.974. The van der Waals surface area contributed by atoms with Crippen LogP contribution in [0.2, 0.25) is 0 Å². The number of hydrogen-bond acceptors (Lipinski definition) is 7. The Balaban J connectivity index is 1.51. The van der Waals surface area contributed by atoms with Crippen LogP contribution in [0.1, 0.15) is 23.7 Å². The number of thioether (sulfide) groups is 1. The summed E-state index contributed by atoms with van der Waals surface area (Å²) in [5.41, 5.74) is -0.394. The molecule has 2 N–H and O–H groups in total. The van der Waals surface area contributed by atoms with Crippen LogP contribution in [-0.4, -0.2) is 58.9 Å². The number of ketones is 1. The molecule has 4 amide bonds. The molecule has 1 unspecified atom stereocenters. The van der Waals surface area contributed by atoms with Gasteiger partial charge >= 0.3 is 6.03 Å². The topological polar surface area (TPSA) is 114 Å². The molecule has 0 aliphatic carbocycles. The van der Waals surface area contributed by atoms with Gasteiger partial charge in [-0.1, -0.05) is 0 Å². The van der Waals surface area contributed by atoms with Gasteiger partial charge in [0, 0.05) is 17.4 Å². The summed E-state index contributed by atoms with van der Waals surface area (Å²) in [5, 5.41) is 5.30. The Labute approximate surface area is 158 Å². The van der Waals surface area contributed by atoms with E-state index in [0.29, 0.717) is 23.7 Å². The molecule has 27 heavy (non-hydrogen) atoms. The second kappa shape index (κ2) is 6.45. The standard InChI is InChI=1S/C17H17N3O6S/c1-9(21)10-4-12-13(26-8-25-12)5-11(10)18-14(22)6-20-15(23)17(19-16(20)24)2-3-27-7-17/h4-5H,2-3,6-8H2,1H3,(H,18,22)(H,19,24). The van der Waals surface area contributed by atoms with Crippen molar-refractivity contribution in [3.05, 3.63) is 17.7 Å². The van der Waals surface area contributed by atoms with E-state index in [1.54, 1.807) is 11.8 Å². The van der Waals surface area contributed by atoms with Gasteiger partial charge in [0.2, 0.25) is 12.7 Å². The fraction of sp³-hybridized carbons (Fsp3) is 0.412. The van der Waals surface area contributed by atoms with Gasteiger partial charge in [0.15, 0.2) is 17.3 Å². The van der Waals surface area contributed by atoms with E-state index in [1.165, 1.54) is 19.1 Å². The first kappa shape index (κ1) is 17.7. The van der Waals surface area contributed by atoms with E-state index in [-0.39, 0.29) is 29.7 Å². The number of anilines is 1. The average molecular weight is 391 g/mol. The molecule has 3 heterocycles. The largest absolute Gasteiger partial charge is 0.454 e. The number of fused-ring (bicyclic) bond motifs is 1. The van der Waals surface area contributed by atoms with Gasteiger partial charge in [-0.3, -0.25) is 19.3 Å². The van der Waals surface area contributed by atoms with Gasteiger partial charge in [-0.15, -0.1) is 0 Å². The van der Waals surface area contributed by atoms with Crippen LogP contribution in [0.5, 0.6) is 11.5 Å². The van der Waals surface area contributed by atoms with Crippen molar-refractivity contribution < 1.29 is 28.7 Å². The lowest BCUT2D eigenvalue weighted by molar-refractivity contribution is -0.133. The number of imide groups is 1. The predicted octanol–water partition coefficient (Wildman–Crippen LogP) is 0.984. The Morgan fingerprint density at radius 1 is 1.30 bits per heavy atom. The van der Waals surface area contributed by atoms with Crippen LogP contribution in [-0.2, 0) is 9.59 Å². The molecular weight excluding hydrogens is 374 g/mol. The molecule has 4 rings (SSSR count). The molecule has 142 valence electrons. The summed E-state index contributed by atoms with van der Waals surface area (Å²) < 4.78 is 10.5. The Bertz CT molecular complexity index is 864. The maximum absolute atomic E-state index is 12.6. The minimum absolute atomic E-state index is 0.0343. The summed E-state index contributed by atoms with van der Waals surface area (Å²) in [7, 11) is 0. The van der Waals surface area contributed by atoms with E-state index in [1.807, 2.05) is 0 Å². The predicted molar refractivity (Wildman–Crippen MR) is 96.1 cm³/mol. The van der Waals surface area contributed by atoms with Gasteiger partial charge in [0.1, 0.15) is 12.1 Å². The van der Waals surface area contributed by atoms with Crippen LogP contribution >= 0.6 is 11.8 Å². The number of urea groups is 1. The summed E-state index contributed by atoms with van der Waals surface area (Å²) in [5.74, 6) is 0.894. The molecule has 2 fully saturated rings. The van der Waals surface area contributed by atoms with Crippen molar-refractivity contribution in [1.29, 1.82) is 0 Å². The van der Waals surface area contributed by atoms with Crippen LogP contribution in [0.15, 0.2) is 12.1 Å². The van der Waals surface area contributed by atoms with Crippen LogP contribution in [0.4, 0.5) is 10.5 Å². The minimum Gasteiger partial charge on any atom is -0.454 e. The third-order valence-electron chi connectivity index (χ3n) is 4.74. The molecule has 9 nitrogen and oxygen atoms in total. The lowest BCUT2D eigenvalue weighted by Crippen LogP contribution is -2.47. The first-order valence-electron chi connectivity index (χ1n) is 8.36. The van der Waals surface area contributed by atoms with Crippen LogP contribution in [0.3, 0.4) is 0 Å². The zero-order valence-corrected chi connectivity index (χ0v) is 15.3. The van der Waals surface area contributed by atoms with E-state index in [4.69, 9.17) is 9.47 Å². The normalized spacial score (nSPS) is 23.1. The number of Topliss-reactive ketones (excluding diaryl/α,β-unsaturated/α-hetero) is 1. The number of nitrogens with zero attached hydrogens (tertiary/aromatic N) is 1. The molecule has 2 saturated heterocycles. The average Bonchev–Trinajstić information content (AvgIpc) is 3.31. The van der Waals surface area contributed by atoms with Crippen molar-refractivity contribution in [3.8, 4) is 11.5 Å². The summed E-state index contributed by atoms with van der Waals surface area (Å²) in [6.07, 6.45) is 0.553. The number of nitrogens with one attached hydrogen (secondary N) is 2. The van der Waals surface area contributed by atoms with E-state index in [0.717, 1.165) is 10.7 Å². The third kappa shape index (κ3) is 2.99. The lowest BCUT2D eigenvalue weighted by atomic mass is 9.99. The van der Waals surface area contributed by atoms with E-state index >= 15 is 0 Å². The number of amides is 4. The van der Waals surface area contributed by atoms with Crippen molar-refractivity contribution in [2.75, 3.05) is 30.2 Å². The maximum Gasteiger partial charge on any atom is 0.325 e. The van der Waals surface area contributed by atoms with Crippen molar-refractivity contribution in [2.24, 2.45) is 0 Å². The van der Waals surface area contributed by atoms with Crippen LogP contribution < -0.4 is 20.1 Å². The molecular formula is C17H17N3O6S. The Morgan fingerprint density at radius 3 is 2.70 bits per heavy atom. The minimum atomic E-state index is -0.897. The van der Waals surface area contributed by atoms with Crippen molar-refractivity contribution in [3.63, 3.8) is 0 Å². The van der Waals surface area contributed by atoms with Crippen LogP contribution in [0.25, 0.3) is 0 Å². The molecule has 0 saturated carbocycles. The van der Waals surface area contributed by atoms with Gasteiger partial charge in [-0.05, 0) is 25.2 Å². The Hall–Kier alpha value is -2.75. The lowest BCUT2D eigenvalue weighted by Gasteiger charge is -2.19. The highest BCUT2D eigenvalue weighted by Crippen LogP contribution is 2.37. The Morgan fingerprint density at radius 2 is 2.04 bits per heavy atom. The summed E-state index contributed by atoms with van der Waals surface area (Å²) in [4.78, 5) is 50.1. The molecule has 10 heteroatoms. The van der Waals surface area contributed by atoms with Crippen molar-refractivity contribution >= 4 is 41.1 Å². The smallest absolute Gasteiger partial charge is 0.325 e. The fourth-order valence-corrected chi connectivity index (χ4v) is 4.65. The molecule has 3 aliphatic rings. The first-order chi connectivity index (χ1) is 12.9. The summed E-state index contributed by atoms with van der Waals surface area (Å²) >= 11 is 1.59. The second-order valence-electron chi connectivity index (χ2n) is 6.56. The number of hydrogen-bond donors (Lipinski definition) is 2. The zero-order chi connectivity index (χ0) is 19.2. The number of carbonyl (C=O) groups is 4. The molecule has 1 atom stereocenters. The van der Waals surface area contributed by atoms with Gasteiger partial charge in [-0.25, -0.2) is 4.79 Å². The first-order valence-corrected chi connectivity index (χ1v) is 9.51. The number of benzene rings is 1. The van der Waals surface area contributed by atoms with Gasteiger partial charge in [0.05, 0.1) is 5.69 Å². The van der Waals surface area contributed by atoms with E-state index in [2.05, 4.69) is 10.6 Å². The molecule has 1 aromatic carbocycles. The number of rotatable bonds is 4. The second-order valence-corrected chi connectivity index (χ2v) is 7.67. The highest BCUT2D eigenvalue weighted by atomic mass is 32.2. The maximum atomic E-state index is 12.6. The van der Waals surface area contributed by atoms with Gasteiger partial charge in [0.25, 0.3) is 5.91 Å². The number of carbonyl (C=O) groups excluding carboxylic acids is 4. The van der Waals surface area contributed by atoms with E-state index < -0.39 is 24.0 Å². The van der Waals surface area contributed by atoms with E-state index in [9.17, 15) is 19.2 Å². The molecule has 0 radical (unpaired) electrons. The fourth-order valence-electron chi connectivity index (χ4n) is 3.32. The molecule has 1 spiro atoms. The zero-order valence-electron chi connectivity index (χ0n) is 14.5. The monoisotopic (exact) mass is 391 g/mol. The summed E-state index contributed by atoms with van der Waals surface area (Å²) in [6, 6.07) is 2.42. The van der Waals surface area contributed by atoms with Gasteiger partial charge < -0.3 is 20.1 Å².